The van der Waals surface area contributed by atoms with Gasteiger partial charge in [0.25, 0.3) is 11.8 Å². The summed E-state index contributed by atoms with van der Waals surface area (Å²) in [6, 6.07) is 17.9. The summed E-state index contributed by atoms with van der Waals surface area (Å²) < 4.78 is 36.6. The Morgan fingerprint density at radius 3 is 2.06 bits per heavy atom. The summed E-state index contributed by atoms with van der Waals surface area (Å²) in [4.78, 5) is 61.0. The number of ether oxygens (including phenoxy) is 2. The largest absolute Gasteiger partial charge is 0.493 e. The number of hydrogen-bond donors (Lipinski definition) is 2. The zero-order valence-electron chi connectivity index (χ0n) is 37.6. The number of amides is 4. The highest BCUT2D eigenvalue weighted by Gasteiger charge is 2.44. The third kappa shape index (κ3) is 10.6. The Kier molecular flexibility index (Phi) is 14.4. The number of sulfone groups is 1. The number of piperidine rings is 4. The molecule has 14 nitrogen and oxygen atoms in total. The summed E-state index contributed by atoms with van der Waals surface area (Å²) in [5.74, 6) is 0.0684. The minimum Gasteiger partial charge on any atom is -0.493 e. The number of likely N-dealkylation sites (tertiary alicyclic amines) is 3. The number of methoxy groups -OCH3 is 1. The molecule has 15 heteroatoms. The average Bonchev–Trinajstić information content (AvgIpc) is 3.55. The van der Waals surface area contributed by atoms with E-state index in [1.54, 1.807) is 30.3 Å². The number of carbonyl (C=O) groups is 4. The summed E-state index contributed by atoms with van der Waals surface area (Å²) in [6.45, 7) is 11.9. The van der Waals surface area contributed by atoms with Crippen molar-refractivity contribution in [2.45, 2.75) is 82.2 Å². The molecule has 3 aromatic carbocycles. The molecule has 0 spiro atoms. The van der Waals surface area contributed by atoms with E-state index in [-0.39, 0.29) is 29.3 Å². The maximum Gasteiger partial charge on any atom is 0.264 e. The predicted octanol–water partition coefficient (Wildman–Crippen LogP) is 5.46. The molecule has 344 valence electrons. The number of benzene rings is 3. The highest BCUT2D eigenvalue weighted by atomic mass is 32.2. The van der Waals surface area contributed by atoms with Gasteiger partial charge in [0.15, 0.2) is 11.5 Å². The Balaban J connectivity index is 0.772. The lowest BCUT2D eigenvalue weighted by atomic mass is 9.86. The molecule has 0 radical (unpaired) electrons. The fourth-order valence-electron chi connectivity index (χ4n) is 10.5. The van der Waals surface area contributed by atoms with Gasteiger partial charge in [0.1, 0.15) is 9.84 Å². The van der Waals surface area contributed by atoms with Crippen molar-refractivity contribution in [3.8, 4) is 11.5 Å². The lowest BCUT2D eigenvalue weighted by Gasteiger charge is -2.39. The number of nitrogens with zero attached hydrogens (tertiary/aromatic N) is 4. The molecule has 2 N–H and O–H groups in total. The van der Waals surface area contributed by atoms with Crippen LogP contribution in [0.4, 0.5) is 5.69 Å². The van der Waals surface area contributed by atoms with Crippen LogP contribution in [0.3, 0.4) is 0 Å². The Bertz CT molecular complexity index is 2280. The van der Waals surface area contributed by atoms with E-state index in [1.165, 1.54) is 25.5 Å². The number of anilines is 1. The Hall–Kier alpha value is -4.83. The van der Waals surface area contributed by atoms with Gasteiger partial charge < -0.3 is 29.5 Å². The van der Waals surface area contributed by atoms with Gasteiger partial charge in [-0.1, -0.05) is 36.4 Å². The number of hydrogen-bond acceptors (Lipinski definition) is 12. The van der Waals surface area contributed by atoms with Crippen molar-refractivity contribution in [1.82, 2.24) is 24.9 Å². The Labute approximate surface area is 377 Å². The number of nitrogens with one attached hydrogen (secondary N) is 2. The standard InChI is InChI=1S/C49H64N6O8S/c1-4-63-44-30-37(12-14-43(44)62-2)42(32-64(3,60)61)55-48(58)40-6-5-7-41(46(40)49(55)59)50-38-20-26-54(27-21-38)31-33-16-22-52(23-17-33)28-29-53-24-18-35(19-25-53)34-8-10-36(11-9-34)39-13-15-45(56)51-47(39)57/h5-12,14,30,33,35,38-39,42,50H,4,13,15-29,31-32H2,1-3H3,(H,51,56,57)/t39?,42-/m1/s1. The molecular formula is C49H64N6O8S. The smallest absolute Gasteiger partial charge is 0.264 e. The molecule has 4 saturated heterocycles. The molecule has 5 aliphatic rings. The van der Waals surface area contributed by atoms with Gasteiger partial charge in [-0.25, -0.2) is 8.42 Å². The van der Waals surface area contributed by atoms with Crippen LogP contribution >= 0.6 is 0 Å². The number of carbonyl (C=O) groups excluding carboxylic acids is 4. The molecule has 5 heterocycles. The third-order valence-corrected chi connectivity index (χ3v) is 15.1. The minimum atomic E-state index is -3.61. The zero-order chi connectivity index (χ0) is 45.0. The SMILES string of the molecule is CCOc1cc([C@@H](CS(C)(=O)=O)N2C(=O)c3cccc(NC4CCN(CC5CCN(CCN6CCC(c7ccc(C8CCC(=O)NC8=O)cc7)CC6)CC5)CC4)c3C2=O)ccc1OC. The molecule has 0 saturated carbocycles. The molecule has 3 aromatic rings. The van der Waals surface area contributed by atoms with Gasteiger partial charge in [-0.15, -0.1) is 0 Å². The number of fused-ring (bicyclic) bond motifs is 1. The van der Waals surface area contributed by atoms with Crippen LogP contribution in [0.15, 0.2) is 60.7 Å². The van der Waals surface area contributed by atoms with Gasteiger partial charge in [0.2, 0.25) is 11.8 Å². The van der Waals surface area contributed by atoms with Gasteiger partial charge in [-0.3, -0.25) is 29.4 Å². The summed E-state index contributed by atoms with van der Waals surface area (Å²) >= 11 is 0. The van der Waals surface area contributed by atoms with E-state index in [2.05, 4.69) is 49.6 Å². The first kappa shape index (κ1) is 45.7. The van der Waals surface area contributed by atoms with E-state index < -0.39 is 33.4 Å². The predicted molar refractivity (Wildman–Crippen MR) is 246 cm³/mol. The first-order valence-corrected chi connectivity index (χ1v) is 25.3. The quantitative estimate of drug-likeness (QED) is 0.175. The molecule has 0 aliphatic carbocycles. The van der Waals surface area contributed by atoms with Gasteiger partial charge in [0.05, 0.1) is 42.6 Å². The second-order valence-corrected chi connectivity index (χ2v) is 20.6. The van der Waals surface area contributed by atoms with Crippen LogP contribution in [0.2, 0.25) is 0 Å². The van der Waals surface area contributed by atoms with Crippen molar-refractivity contribution in [2.75, 3.05) is 89.9 Å². The van der Waals surface area contributed by atoms with E-state index in [9.17, 15) is 27.6 Å². The second kappa shape index (κ2) is 20.1. The first-order chi connectivity index (χ1) is 30.9. The van der Waals surface area contributed by atoms with Crippen molar-refractivity contribution in [2.24, 2.45) is 5.92 Å². The van der Waals surface area contributed by atoms with Crippen LogP contribution in [0.1, 0.15) is 114 Å². The van der Waals surface area contributed by atoms with Crippen LogP contribution in [-0.4, -0.2) is 142 Å². The maximum atomic E-state index is 14.2. The lowest BCUT2D eigenvalue weighted by molar-refractivity contribution is -0.134. The van der Waals surface area contributed by atoms with Crippen molar-refractivity contribution >= 4 is 39.2 Å². The Morgan fingerprint density at radius 2 is 1.42 bits per heavy atom. The summed E-state index contributed by atoms with van der Waals surface area (Å²) in [6.07, 6.45) is 8.64. The molecule has 4 fully saturated rings. The number of imide groups is 2. The molecule has 1 unspecified atom stereocenters. The molecule has 64 heavy (non-hydrogen) atoms. The van der Waals surface area contributed by atoms with Gasteiger partial charge in [-0.05, 0) is 131 Å². The molecule has 0 aromatic heterocycles. The highest BCUT2D eigenvalue weighted by Crippen LogP contribution is 2.39. The molecule has 2 atom stereocenters. The van der Waals surface area contributed by atoms with Crippen LogP contribution in [0.5, 0.6) is 11.5 Å². The van der Waals surface area contributed by atoms with Gasteiger partial charge >= 0.3 is 0 Å². The number of rotatable bonds is 16. The fraction of sp³-hybridized carbons (Fsp3) is 0.551. The molecule has 8 rings (SSSR count). The average molecular weight is 897 g/mol. The van der Waals surface area contributed by atoms with Gasteiger partial charge in [0, 0.05) is 57.1 Å². The monoisotopic (exact) mass is 896 g/mol. The lowest BCUT2D eigenvalue weighted by Crippen LogP contribution is -2.45. The first-order valence-electron chi connectivity index (χ1n) is 23.2. The summed E-state index contributed by atoms with van der Waals surface area (Å²) in [5.41, 5.74) is 3.99. The van der Waals surface area contributed by atoms with E-state index in [0.717, 1.165) is 101 Å². The zero-order valence-corrected chi connectivity index (χ0v) is 38.4. The van der Waals surface area contributed by atoms with Crippen molar-refractivity contribution in [1.29, 1.82) is 0 Å². The Morgan fingerprint density at radius 1 is 0.766 bits per heavy atom. The van der Waals surface area contributed by atoms with E-state index in [1.807, 2.05) is 13.0 Å². The minimum absolute atomic E-state index is 0.138. The van der Waals surface area contributed by atoms with Crippen molar-refractivity contribution < 1.29 is 37.1 Å². The molecule has 5 aliphatic heterocycles. The maximum absolute atomic E-state index is 14.2. The fourth-order valence-corrected chi connectivity index (χ4v) is 11.4. The van der Waals surface area contributed by atoms with Crippen LogP contribution in [-0.2, 0) is 19.4 Å². The second-order valence-electron chi connectivity index (χ2n) is 18.5. The summed E-state index contributed by atoms with van der Waals surface area (Å²) in [5, 5.41) is 6.08. The highest BCUT2D eigenvalue weighted by molar-refractivity contribution is 7.90. The third-order valence-electron chi connectivity index (χ3n) is 14.1. The van der Waals surface area contributed by atoms with E-state index >= 15 is 0 Å². The van der Waals surface area contributed by atoms with Crippen molar-refractivity contribution in [3.63, 3.8) is 0 Å². The van der Waals surface area contributed by atoms with Crippen molar-refractivity contribution in [3.05, 3.63) is 88.5 Å². The molecule has 4 amide bonds. The van der Waals surface area contributed by atoms with Crippen LogP contribution < -0.4 is 20.1 Å². The summed E-state index contributed by atoms with van der Waals surface area (Å²) in [7, 11) is -2.09. The van der Waals surface area contributed by atoms with E-state index in [0.29, 0.717) is 59.6 Å². The topological polar surface area (TPSA) is 158 Å². The van der Waals surface area contributed by atoms with Crippen LogP contribution in [0, 0.1) is 5.92 Å². The van der Waals surface area contributed by atoms with Gasteiger partial charge in [-0.2, -0.15) is 0 Å². The van der Waals surface area contributed by atoms with Crippen LogP contribution in [0.25, 0.3) is 0 Å². The molecule has 0 bridgehead atoms. The molecular weight excluding hydrogens is 833 g/mol. The van der Waals surface area contributed by atoms with E-state index in [4.69, 9.17) is 9.47 Å². The normalized spacial score (nSPS) is 21.8.